The van der Waals surface area contributed by atoms with Crippen LogP contribution in [-0.4, -0.2) is 47.2 Å². The first kappa shape index (κ1) is 15.8. The number of carbonyl (C=O) groups is 4. The Bertz CT molecular complexity index is 787. The number of piperidine rings is 1. The molecule has 25 heavy (non-hydrogen) atoms. The Labute approximate surface area is 143 Å². The number of rotatable bonds is 3. The molecule has 0 bridgehead atoms. The minimum absolute atomic E-state index is 0.119. The molecule has 2 atom stereocenters. The largest absolute Gasteiger partial charge is 0.324 e. The van der Waals surface area contributed by atoms with Crippen molar-refractivity contribution in [3.05, 3.63) is 29.3 Å². The number of anilines is 1. The van der Waals surface area contributed by atoms with Gasteiger partial charge in [-0.2, -0.15) is 0 Å². The average molecular weight is 342 g/mol. The highest BCUT2D eigenvalue weighted by Crippen LogP contribution is 2.32. The zero-order valence-corrected chi connectivity index (χ0v) is 13.5. The van der Waals surface area contributed by atoms with Crippen molar-refractivity contribution in [3.63, 3.8) is 0 Å². The lowest BCUT2D eigenvalue weighted by atomic mass is 10.0. The second kappa shape index (κ2) is 5.96. The van der Waals surface area contributed by atoms with E-state index >= 15 is 0 Å². The first-order chi connectivity index (χ1) is 12.0. The van der Waals surface area contributed by atoms with E-state index in [2.05, 4.69) is 16.0 Å². The van der Waals surface area contributed by atoms with E-state index in [1.54, 1.807) is 18.2 Å². The van der Waals surface area contributed by atoms with Gasteiger partial charge in [0.1, 0.15) is 6.04 Å². The molecule has 0 aliphatic carbocycles. The number of benzene rings is 1. The van der Waals surface area contributed by atoms with E-state index in [0.717, 1.165) is 13.0 Å². The minimum Gasteiger partial charge on any atom is -0.324 e. The van der Waals surface area contributed by atoms with Gasteiger partial charge in [0.2, 0.25) is 17.7 Å². The summed E-state index contributed by atoms with van der Waals surface area (Å²) in [5.74, 6) is -1.12. The molecule has 3 heterocycles. The zero-order valence-electron chi connectivity index (χ0n) is 13.5. The van der Waals surface area contributed by atoms with Gasteiger partial charge in [-0.15, -0.1) is 0 Å². The Morgan fingerprint density at radius 1 is 1.20 bits per heavy atom. The molecule has 2 unspecified atom stereocenters. The van der Waals surface area contributed by atoms with E-state index < -0.39 is 11.9 Å². The number of imide groups is 1. The average Bonchev–Trinajstić information content (AvgIpc) is 2.84. The van der Waals surface area contributed by atoms with Crippen LogP contribution in [0.25, 0.3) is 0 Å². The molecule has 1 aromatic rings. The van der Waals surface area contributed by atoms with Gasteiger partial charge >= 0.3 is 0 Å². The van der Waals surface area contributed by atoms with E-state index in [0.29, 0.717) is 23.2 Å². The maximum Gasteiger partial charge on any atom is 0.255 e. The summed E-state index contributed by atoms with van der Waals surface area (Å²) in [6.07, 6.45) is 1.33. The van der Waals surface area contributed by atoms with E-state index in [-0.39, 0.29) is 36.7 Å². The van der Waals surface area contributed by atoms with Crippen LogP contribution in [0.3, 0.4) is 0 Å². The van der Waals surface area contributed by atoms with Crippen molar-refractivity contribution in [2.24, 2.45) is 0 Å². The SMILES string of the molecule is O=C1CCC(N2Cc3c(NC(=O)C4CCN4)cccc3C2=O)C(=O)N1. The lowest BCUT2D eigenvalue weighted by Crippen LogP contribution is -2.52. The molecule has 0 saturated carbocycles. The Morgan fingerprint density at radius 3 is 2.68 bits per heavy atom. The Morgan fingerprint density at radius 2 is 2.00 bits per heavy atom. The fourth-order valence-corrected chi connectivity index (χ4v) is 3.44. The number of hydrogen-bond donors (Lipinski definition) is 3. The minimum atomic E-state index is -0.658. The van der Waals surface area contributed by atoms with Gasteiger partial charge in [0.15, 0.2) is 0 Å². The van der Waals surface area contributed by atoms with E-state index in [4.69, 9.17) is 0 Å². The smallest absolute Gasteiger partial charge is 0.255 e. The van der Waals surface area contributed by atoms with Crippen molar-refractivity contribution in [2.45, 2.75) is 37.9 Å². The number of amides is 4. The molecule has 130 valence electrons. The van der Waals surface area contributed by atoms with Crippen molar-refractivity contribution in [1.29, 1.82) is 0 Å². The highest BCUT2D eigenvalue weighted by atomic mass is 16.2. The van der Waals surface area contributed by atoms with Crippen molar-refractivity contribution in [3.8, 4) is 0 Å². The first-order valence-electron chi connectivity index (χ1n) is 8.35. The van der Waals surface area contributed by atoms with E-state index in [1.165, 1.54) is 4.90 Å². The first-order valence-corrected chi connectivity index (χ1v) is 8.35. The fraction of sp³-hybridized carbons (Fsp3) is 0.412. The molecule has 8 nitrogen and oxygen atoms in total. The summed E-state index contributed by atoms with van der Waals surface area (Å²) in [5.41, 5.74) is 1.80. The second-order valence-electron chi connectivity index (χ2n) is 6.52. The number of nitrogens with zero attached hydrogens (tertiary/aromatic N) is 1. The lowest BCUT2D eigenvalue weighted by Gasteiger charge is -2.29. The lowest BCUT2D eigenvalue weighted by molar-refractivity contribution is -0.137. The summed E-state index contributed by atoms with van der Waals surface area (Å²) < 4.78 is 0. The van der Waals surface area contributed by atoms with Gasteiger partial charge in [-0.05, 0) is 31.5 Å². The third-order valence-electron chi connectivity index (χ3n) is 4.98. The monoisotopic (exact) mass is 342 g/mol. The quantitative estimate of drug-likeness (QED) is 0.657. The van der Waals surface area contributed by atoms with Crippen molar-refractivity contribution in [2.75, 3.05) is 11.9 Å². The normalized spacial score (nSPS) is 25.3. The molecule has 2 fully saturated rings. The summed E-state index contributed by atoms with van der Waals surface area (Å²) in [5, 5.41) is 8.19. The maximum atomic E-state index is 12.7. The summed E-state index contributed by atoms with van der Waals surface area (Å²) in [6.45, 7) is 1.07. The topological polar surface area (TPSA) is 108 Å². The molecular weight excluding hydrogens is 324 g/mol. The molecule has 3 aliphatic heterocycles. The third kappa shape index (κ3) is 2.68. The van der Waals surface area contributed by atoms with Gasteiger partial charge in [-0.25, -0.2) is 0 Å². The Hall–Kier alpha value is -2.74. The predicted octanol–water partition coefficient (Wildman–Crippen LogP) is -0.252. The van der Waals surface area contributed by atoms with Crippen LogP contribution in [0.4, 0.5) is 5.69 Å². The molecule has 4 rings (SSSR count). The van der Waals surface area contributed by atoms with Crippen LogP contribution in [0.5, 0.6) is 0 Å². The predicted molar refractivity (Wildman–Crippen MR) is 87.5 cm³/mol. The molecule has 0 radical (unpaired) electrons. The summed E-state index contributed by atoms with van der Waals surface area (Å²) in [6, 6.07) is 4.32. The van der Waals surface area contributed by atoms with Crippen LogP contribution in [0, 0.1) is 0 Å². The molecule has 3 N–H and O–H groups in total. The summed E-state index contributed by atoms with van der Waals surface area (Å²) in [7, 11) is 0. The molecule has 0 aromatic heterocycles. The van der Waals surface area contributed by atoms with Crippen LogP contribution >= 0.6 is 0 Å². The molecule has 1 aromatic carbocycles. The Kier molecular flexibility index (Phi) is 3.76. The molecule has 0 spiro atoms. The highest BCUT2D eigenvalue weighted by Gasteiger charge is 2.40. The van der Waals surface area contributed by atoms with Gasteiger partial charge < -0.3 is 15.5 Å². The second-order valence-corrected chi connectivity index (χ2v) is 6.52. The third-order valence-corrected chi connectivity index (χ3v) is 4.98. The Balaban J connectivity index is 1.56. The number of hydrogen-bond acceptors (Lipinski definition) is 5. The summed E-state index contributed by atoms with van der Waals surface area (Å²) in [4.78, 5) is 49.7. The van der Waals surface area contributed by atoms with E-state index in [9.17, 15) is 19.2 Å². The van der Waals surface area contributed by atoms with Crippen molar-refractivity contribution in [1.82, 2.24) is 15.5 Å². The van der Waals surface area contributed by atoms with Gasteiger partial charge in [0.05, 0.1) is 6.04 Å². The molecule has 8 heteroatoms. The van der Waals surface area contributed by atoms with Crippen LogP contribution in [0.2, 0.25) is 0 Å². The molecule has 4 amide bonds. The standard InChI is InChI=1S/C17H18N4O4/c22-14-5-4-13(16(24)20-14)21-8-10-9(17(21)25)2-1-3-11(10)19-15(23)12-6-7-18-12/h1-3,12-13,18H,4-8H2,(H,19,23)(H,20,22,24). The fourth-order valence-electron chi connectivity index (χ4n) is 3.44. The zero-order chi connectivity index (χ0) is 17.6. The number of carbonyl (C=O) groups excluding carboxylic acids is 4. The molecule has 3 aliphatic rings. The van der Waals surface area contributed by atoms with Gasteiger partial charge in [0.25, 0.3) is 5.91 Å². The van der Waals surface area contributed by atoms with Gasteiger partial charge in [0, 0.05) is 29.8 Å². The van der Waals surface area contributed by atoms with Crippen LogP contribution in [0.15, 0.2) is 18.2 Å². The van der Waals surface area contributed by atoms with E-state index in [1.807, 2.05) is 0 Å². The van der Waals surface area contributed by atoms with Crippen LogP contribution in [0.1, 0.15) is 35.2 Å². The van der Waals surface area contributed by atoms with Crippen LogP contribution in [-0.2, 0) is 20.9 Å². The highest BCUT2D eigenvalue weighted by molar-refractivity contribution is 6.07. The molecular formula is C17H18N4O4. The maximum absolute atomic E-state index is 12.7. The number of nitrogens with one attached hydrogen (secondary N) is 3. The van der Waals surface area contributed by atoms with Gasteiger partial charge in [-0.3, -0.25) is 24.5 Å². The van der Waals surface area contributed by atoms with Gasteiger partial charge in [-0.1, -0.05) is 6.07 Å². The van der Waals surface area contributed by atoms with Crippen molar-refractivity contribution < 1.29 is 19.2 Å². The van der Waals surface area contributed by atoms with Crippen molar-refractivity contribution >= 4 is 29.3 Å². The summed E-state index contributed by atoms with van der Waals surface area (Å²) >= 11 is 0. The number of fused-ring (bicyclic) bond motifs is 1. The van der Waals surface area contributed by atoms with Crippen LogP contribution < -0.4 is 16.0 Å². The molecule has 2 saturated heterocycles.